The van der Waals surface area contributed by atoms with Crippen LogP contribution in [0.15, 0.2) is 0 Å². The maximum absolute atomic E-state index is 12.4. The molecule has 0 radical (unpaired) electrons. The van der Waals surface area contributed by atoms with Gasteiger partial charge in [-0.25, -0.2) is 0 Å². The van der Waals surface area contributed by atoms with Gasteiger partial charge in [0, 0.05) is 11.8 Å². The predicted octanol–water partition coefficient (Wildman–Crippen LogP) is 4.97. The van der Waals surface area contributed by atoms with Gasteiger partial charge in [0.2, 0.25) is 0 Å². The Bertz CT molecular complexity index is 659. The second-order valence-electron chi connectivity index (χ2n) is 10.3. The van der Waals surface area contributed by atoms with Gasteiger partial charge in [0.25, 0.3) is 0 Å². The topological polar surface area (TPSA) is 37.3 Å². The molecule has 0 unspecified atom stereocenters. The third-order valence-corrected chi connectivity index (χ3v) is 9.51. The number of alkyl halides is 1. The van der Waals surface area contributed by atoms with E-state index >= 15 is 0 Å². The van der Waals surface area contributed by atoms with Gasteiger partial charge < -0.3 is 5.11 Å². The summed E-state index contributed by atoms with van der Waals surface area (Å²) >= 11 is 3.41. The van der Waals surface area contributed by atoms with Gasteiger partial charge in [-0.1, -0.05) is 27.8 Å². The second kappa shape index (κ2) is 7.17. The molecule has 27 heavy (non-hydrogen) atoms. The Morgan fingerprint density at radius 1 is 0.889 bits per heavy atom. The number of fused-ring (bicyclic) bond motifs is 5. The first-order valence-electron chi connectivity index (χ1n) is 11.4. The lowest BCUT2D eigenvalue weighted by Gasteiger charge is -2.53. The molecule has 5 rings (SSSR count). The first-order chi connectivity index (χ1) is 13.1. The number of hydrogen-bond donors (Lipinski definition) is 1. The van der Waals surface area contributed by atoms with E-state index in [4.69, 9.17) is 0 Å². The van der Waals surface area contributed by atoms with Gasteiger partial charge in [0.15, 0.2) is 0 Å². The van der Waals surface area contributed by atoms with Crippen LogP contribution in [0.1, 0.15) is 70.6 Å². The van der Waals surface area contributed by atoms with Crippen molar-refractivity contribution >= 4 is 21.7 Å². The van der Waals surface area contributed by atoms with Gasteiger partial charge in [0.1, 0.15) is 11.4 Å². The Kier molecular flexibility index (Phi) is 4.96. The molecule has 0 heterocycles. The van der Waals surface area contributed by atoms with E-state index in [-0.39, 0.29) is 0 Å². The average molecular weight is 433 g/mol. The summed E-state index contributed by atoms with van der Waals surface area (Å²) in [6.45, 7) is 0. The molecule has 0 saturated heterocycles. The summed E-state index contributed by atoms with van der Waals surface area (Å²) in [5, 5.41) is 11.6. The van der Waals surface area contributed by atoms with Crippen molar-refractivity contribution in [1.29, 1.82) is 0 Å². The van der Waals surface area contributed by atoms with E-state index in [9.17, 15) is 9.90 Å². The average Bonchev–Trinajstić information content (AvgIpc) is 3.42. The molecule has 3 heteroatoms. The quantitative estimate of drug-likeness (QED) is 0.493. The zero-order chi connectivity index (χ0) is 18.6. The molecule has 0 spiro atoms. The van der Waals surface area contributed by atoms with Crippen LogP contribution in [0.4, 0.5) is 0 Å². The summed E-state index contributed by atoms with van der Waals surface area (Å²) in [7, 11) is 0. The highest BCUT2D eigenvalue weighted by Crippen LogP contribution is 2.60. The maximum Gasteiger partial charge on any atom is 0.146 e. The molecule has 8 atom stereocenters. The number of ketones is 1. The van der Waals surface area contributed by atoms with Crippen molar-refractivity contribution in [2.24, 2.45) is 47.3 Å². The highest BCUT2D eigenvalue weighted by atomic mass is 79.9. The van der Waals surface area contributed by atoms with Crippen molar-refractivity contribution in [2.45, 2.75) is 76.2 Å². The Labute approximate surface area is 172 Å². The normalized spacial score (nSPS) is 48.6. The Morgan fingerprint density at radius 2 is 1.56 bits per heavy atom. The highest BCUT2D eigenvalue weighted by molar-refractivity contribution is 9.09. The fourth-order valence-corrected chi connectivity index (χ4v) is 8.03. The van der Waals surface area contributed by atoms with Crippen LogP contribution < -0.4 is 0 Å². The standard InChI is InChI=1S/C24H33BrO2/c25-14-23(26)22-8-7-20-19-4-3-16-13-24(27,11-9-15-1-2-15)12-10-17(16)18(19)5-6-21(20)22/h15-22,27H,1-8,10,12-14H2/t16-,17+,18-,19-,20+,21+,22+,24-/m1/s1. The molecule has 2 nitrogen and oxygen atoms in total. The van der Waals surface area contributed by atoms with Gasteiger partial charge in [-0.05, 0) is 106 Å². The van der Waals surface area contributed by atoms with Crippen molar-refractivity contribution in [3.05, 3.63) is 0 Å². The SMILES string of the molecule is O=C(CBr)[C@H]1CC[C@H]2[C@@H]3CC[C@@H]4C[C@@](O)(C#CC5CC5)CC[C@@H]4[C@H]3CC[C@@H]21. The van der Waals surface area contributed by atoms with E-state index in [1.54, 1.807) is 0 Å². The van der Waals surface area contributed by atoms with Crippen LogP contribution in [-0.4, -0.2) is 21.8 Å². The van der Waals surface area contributed by atoms with Crippen LogP contribution in [0.5, 0.6) is 0 Å². The molecule has 0 aromatic carbocycles. The Morgan fingerprint density at radius 3 is 2.33 bits per heavy atom. The summed E-state index contributed by atoms with van der Waals surface area (Å²) in [5.74, 6) is 12.6. The van der Waals surface area contributed by atoms with Crippen LogP contribution in [0.25, 0.3) is 0 Å². The molecule has 148 valence electrons. The molecule has 5 fully saturated rings. The van der Waals surface area contributed by atoms with Crippen LogP contribution in [0.2, 0.25) is 0 Å². The fraction of sp³-hybridized carbons (Fsp3) is 0.875. The van der Waals surface area contributed by atoms with E-state index in [0.29, 0.717) is 34.8 Å². The number of hydrogen-bond acceptors (Lipinski definition) is 2. The minimum absolute atomic E-state index is 0.335. The number of carbonyl (C=O) groups excluding carboxylic acids is 1. The fourth-order valence-electron chi connectivity index (χ4n) is 7.61. The van der Waals surface area contributed by atoms with Gasteiger partial charge in [-0.2, -0.15) is 0 Å². The van der Waals surface area contributed by atoms with Crippen molar-refractivity contribution in [3.8, 4) is 11.8 Å². The first-order valence-corrected chi connectivity index (χ1v) is 12.5. The van der Waals surface area contributed by atoms with Gasteiger partial charge in [-0.15, -0.1) is 0 Å². The molecule has 0 aromatic heterocycles. The minimum atomic E-state index is -0.700. The summed E-state index contributed by atoms with van der Waals surface area (Å²) in [6, 6.07) is 0. The van der Waals surface area contributed by atoms with Crippen LogP contribution in [0.3, 0.4) is 0 Å². The van der Waals surface area contributed by atoms with Crippen molar-refractivity contribution in [2.75, 3.05) is 5.33 Å². The lowest BCUT2D eigenvalue weighted by Crippen LogP contribution is -2.48. The van der Waals surface area contributed by atoms with E-state index in [0.717, 1.165) is 42.9 Å². The summed E-state index contributed by atoms with van der Waals surface area (Å²) in [4.78, 5) is 12.4. The Balaban J connectivity index is 1.28. The highest BCUT2D eigenvalue weighted by Gasteiger charge is 2.53. The number of aliphatic hydroxyl groups is 1. The number of Topliss-reactive ketones (excluding diaryl/α,β-unsaturated/α-hetero) is 1. The molecular weight excluding hydrogens is 400 g/mol. The zero-order valence-electron chi connectivity index (χ0n) is 16.3. The Hall–Kier alpha value is -0.330. The molecular formula is C24H33BrO2. The van der Waals surface area contributed by atoms with E-state index in [2.05, 4.69) is 27.8 Å². The van der Waals surface area contributed by atoms with Crippen molar-refractivity contribution in [3.63, 3.8) is 0 Å². The molecule has 5 saturated carbocycles. The summed E-state index contributed by atoms with van der Waals surface area (Å²) < 4.78 is 0. The lowest BCUT2D eigenvalue weighted by molar-refractivity contribution is -0.123. The molecule has 0 aromatic rings. The third kappa shape index (κ3) is 3.44. The van der Waals surface area contributed by atoms with Crippen LogP contribution in [-0.2, 0) is 4.79 Å². The molecule has 1 N–H and O–H groups in total. The van der Waals surface area contributed by atoms with Crippen LogP contribution in [0, 0.1) is 59.2 Å². The monoisotopic (exact) mass is 432 g/mol. The number of carbonyl (C=O) groups is 1. The minimum Gasteiger partial charge on any atom is -0.378 e. The molecule has 5 aliphatic rings. The largest absolute Gasteiger partial charge is 0.378 e. The molecule has 0 amide bonds. The smallest absolute Gasteiger partial charge is 0.146 e. The molecule has 5 aliphatic carbocycles. The van der Waals surface area contributed by atoms with Crippen LogP contribution >= 0.6 is 15.9 Å². The van der Waals surface area contributed by atoms with Gasteiger partial charge in [-0.3, -0.25) is 4.79 Å². The lowest BCUT2D eigenvalue weighted by atomic mass is 9.52. The zero-order valence-corrected chi connectivity index (χ0v) is 17.9. The summed E-state index contributed by atoms with van der Waals surface area (Å²) in [6.07, 6.45) is 13.1. The molecule has 0 bridgehead atoms. The van der Waals surface area contributed by atoms with Crippen molar-refractivity contribution < 1.29 is 9.90 Å². The number of rotatable bonds is 2. The van der Waals surface area contributed by atoms with Gasteiger partial charge >= 0.3 is 0 Å². The van der Waals surface area contributed by atoms with E-state index < -0.39 is 5.60 Å². The second-order valence-corrected chi connectivity index (χ2v) is 10.9. The number of halogens is 1. The van der Waals surface area contributed by atoms with Crippen molar-refractivity contribution in [1.82, 2.24) is 0 Å². The van der Waals surface area contributed by atoms with E-state index in [1.165, 1.54) is 51.4 Å². The van der Waals surface area contributed by atoms with E-state index in [1.807, 2.05) is 0 Å². The predicted molar refractivity (Wildman–Crippen MR) is 110 cm³/mol. The summed E-state index contributed by atoms with van der Waals surface area (Å²) in [5.41, 5.74) is -0.700. The van der Waals surface area contributed by atoms with Gasteiger partial charge in [0.05, 0.1) is 5.33 Å². The maximum atomic E-state index is 12.4. The molecule has 0 aliphatic heterocycles. The third-order valence-electron chi connectivity index (χ3n) is 8.96. The first kappa shape index (κ1) is 18.7.